The van der Waals surface area contributed by atoms with Crippen molar-refractivity contribution in [3.8, 4) is 0 Å². The van der Waals surface area contributed by atoms with Crippen LogP contribution < -0.4 is 0 Å². The van der Waals surface area contributed by atoms with Crippen molar-refractivity contribution in [3.05, 3.63) is 11.6 Å². The van der Waals surface area contributed by atoms with Gasteiger partial charge in [0.25, 0.3) is 0 Å². The Labute approximate surface area is 95.8 Å². The first-order chi connectivity index (χ1) is 7.04. The van der Waals surface area contributed by atoms with Gasteiger partial charge in [0.2, 0.25) is 0 Å². The Morgan fingerprint density at radius 3 is 2.40 bits per heavy atom. The standard InChI is InChI=1S/C11H18ClN3/c1-11(2,3)15-9(7-12)13-14-10(15)8-5-4-6-8/h8H,4-7H2,1-3H3. The van der Waals surface area contributed by atoms with E-state index in [0.717, 1.165) is 11.6 Å². The summed E-state index contributed by atoms with van der Waals surface area (Å²) < 4.78 is 2.21. The van der Waals surface area contributed by atoms with Crippen LogP contribution in [0.25, 0.3) is 0 Å². The SMILES string of the molecule is CC(C)(C)n1c(CCl)nnc1C1CCC1. The van der Waals surface area contributed by atoms with Crippen LogP contribution in [0.3, 0.4) is 0 Å². The van der Waals surface area contributed by atoms with Crippen molar-refractivity contribution < 1.29 is 0 Å². The molecule has 1 heterocycles. The van der Waals surface area contributed by atoms with Crippen molar-refractivity contribution >= 4 is 11.6 Å². The van der Waals surface area contributed by atoms with Crippen LogP contribution in [-0.4, -0.2) is 14.8 Å². The highest BCUT2D eigenvalue weighted by Crippen LogP contribution is 2.37. The van der Waals surface area contributed by atoms with Crippen LogP contribution in [0.2, 0.25) is 0 Å². The van der Waals surface area contributed by atoms with Gasteiger partial charge >= 0.3 is 0 Å². The van der Waals surface area contributed by atoms with Crippen molar-refractivity contribution in [3.63, 3.8) is 0 Å². The maximum atomic E-state index is 5.89. The van der Waals surface area contributed by atoms with Crippen molar-refractivity contribution in [1.82, 2.24) is 14.8 Å². The number of alkyl halides is 1. The lowest BCUT2D eigenvalue weighted by Crippen LogP contribution is -2.28. The van der Waals surface area contributed by atoms with Crippen LogP contribution in [0.5, 0.6) is 0 Å². The molecule has 0 saturated heterocycles. The summed E-state index contributed by atoms with van der Waals surface area (Å²) in [5.74, 6) is 3.07. The second kappa shape index (κ2) is 3.78. The summed E-state index contributed by atoms with van der Waals surface area (Å²) >= 11 is 5.89. The predicted octanol–water partition coefficient (Wildman–Crippen LogP) is 3.04. The Balaban J connectivity index is 2.41. The fourth-order valence-corrected chi connectivity index (χ4v) is 2.25. The highest BCUT2D eigenvalue weighted by molar-refractivity contribution is 6.16. The number of nitrogens with zero attached hydrogens (tertiary/aromatic N) is 3. The molecule has 15 heavy (non-hydrogen) atoms. The van der Waals surface area contributed by atoms with E-state index in [2.05, 4.69) is 35.5 Å². The molecule has 0 aromatic carbocycles. The van der Waals surface area contributed by atoms with Gasteiger partial charge in [-0.1, -0.05) is 6.42 Å². The maximum Gasteiger partial charge on any atom is 0.148 e. The van der Waals surface area contributed by atoms with E-state index in [4.69, 9.17) is 11.6 Å². The molecule has 0 atom stereocenters. The number of hydrogen-bond donors (Lipinski definition) is 0. The molecule has 1 aromatic heterocycles. The second-order valence-electron chi connectivity index (χ2n) is 5.24. The van der Waals surface area contributed by atoms with Gasteiger partial charge in [0.1, 0.15) is 11.6 Å². The average Bonchev–Trinajstić information content (AvgIpc) is 2.43. The summed E-state index contributed by atoms with van der Waals surface area (Å²) in [6.07, 6.45) is 3.81. The van der Waals surface area contributed by atoms with Gasteiger partial charge in [-0.05, 0) is 33.6 Å². The summed E-state index contributed by atoms with van der Waals surface area (Å²) in [6.45, 7) is 6.53. The van der Waals surface area contributed by atoms with Crippen LogP contribution in [-0.2, 0) is 11.4 Å². The molecule has 4 heteroatoms. The van der Waals surface area contributed by atoms with E-state index in [1.165, 1.54) is 19.3 Å². The Bertz CT molecular complexity index is 347. The number of rotatable bonds is 2. The molecule has 1 aromatic rings. The lowest BCUT2D eigenvalue weighted by atomic mass is 9.84. The first-order valence-electron chi connectivity index (χ1n) is 5.54. The third kappa shape index (κ3) is 1.89. The molecule has 0 aliphatic heterocycles. The minimum absolute atomic E-state index is 0.0264. The zero-order valence-electron chi connectivity index (χ0n) is 9.63. The molecule has 1 fully saturated rings. The smallest absolute Gasteiger partial charge is 0.148 e. The number of hydrogen-bond acceptors (Lipinski definition) is 2. The molecule has 0 radical (unpaired) electrons. The third-order valence-electron chi connectivity index (χ3n) is 3.02. The average molecular weight is 228 g/mol. The van der Waals surface area contributed by atoms with Crippen LogP contribution >= 0.6 is 11.6 Å². The molecule has 0 unspecified atom stereocenters. The van der Waals surface area contributed by atoms with Gasteiger partial charge in [-0.3, -0.25) is 0 Å². The number of halogens is 1. The minimum atomic E-state index is 0.0264. The minimum Gasteiger partial charge on any atom is -0.308 e. The first kappa shape index (κ1) is 10.9. The molecular weight excluding hydrogens is 210 g/mol. The van der Waals surface area contributed by atoms with Crippen molar-refractivity contribution in [2.75, 3.05) is 0 Å². The van der Waals surface area contributed by atoms with E-state index < -0.39 is 0 Å². The van der Waals surface area contributed by atoms with Gasteiger partial charge in [-0.2, -0.15) is 0 Å². The van der Waals surface area contributed by atoms with Crippen molar-refractivity contribution in [1.29, 1.82) is 0 Å². The van der Waals surface area contributed by atoms with E-state index in [1.807, 2.05) is 0 Å². The van der Waals surface area contributed by atoms with E-state index >= 15 is 0 Å². The summed E-state index contributed by atoms with van der Waals surface area (Å²) in [7, 11) is 0. The largest absolute Gasteiger partial charge is 0.308 e. The van der Waals surface area contributed by atoms with Crippen LogP contribution in [0.15, 0.2) is 0 Å². The van der Waals surface area contributed by atoms with E-state index in [0.29, 0.717) is 11.8 Å². The molecule has 1 aliphatic rings. The van der Waals surface area contributed by atoms with Crippen LogP contribution in [0.1, 0.15) is 57.6 Å². The first-order valence-corrected chi connectivity index (χ1v) is 6.08. The lowest BCUT2D eigenvalue weighted by Gasteiger charge is -2.31. The van der Waals surface area contributed by atoms with E-state index in [9.17, 15) is 0 Å². The second-order valence-corrected chi connectivity index (χ2v) is 5.51. The van der Waals surface area contributed by atoms with Crippen molar-refractivity contribution in [2.45, 2.75) is 57.4 Å². The molecule has 0 bridgehead atoms. The monoisotopic (exact) mass is 227 g/mol. The fraction of sp³-hybridized carbons (Fsp3) is 0.818. The molecule has 0 amide bonds. The maximum absolute atomic E-state index is 5.89. The molecule has 0 spiro atoms. The summed E-state index contributed by atoms with van der Waals surface area (Å²) in [6, 6.07) is 0. The summed E-state index contributed by atoms with van der Waals surface area (Å²) in [5, 5.41) is 8.49. The van der Waals surface area contributed by atoms with Gasteiger partial charge in [0.15, 0.2) is 0 Å². The number of aromatic nitrogens is 3. The molecule has 84 valence electrons. The van der Waals surface area contributed by atoms with Gasteiger partial charge in [-0.25, -0.2) is 0 Å². The van der Waals surface area contributed by atoms with Gasteiger partial charge in [0.05, 0.1) is 5.88 Å². The van der Waals surface area contributed by atoms with Crippen LogP contribution in [0, 0.1) is 0 Å². The third-order valence-corrected chi connectivity index (χ3v) is 3.25. The van der Waals surface area contributed by atoms with E-state index in [1.54, 1.807) is 0 Å². The molecule has 0 N–H and O–H groups in total. The Morgan fingerprint density at radius 1 is 1.33 bits per heavy atom. The Hall–Kier alpha value is -0.570. The van der Waals surface area contributed by atoms with E-state index in [-0.39, 0.29) is 5.54 Å². The predicted molar refractivity (Wildman–Crippen MR) is 61.2 cm³/mol. The molecule has 1 saturated carbocycles. The summed E-state index contributed by atoms with van der Waals surface area (Å²) in [4.78, 5) is 0. The quantitative estimate of drug-likeness (QED) is 0.728. The van der Waals surface area contributed by atoms with Crippen LogP contribution in [0.4, 0.5) is 0 Å². The molecule has 2 rings (SSSR count). The lowest BCUT2D eigenvalue weighted by molar-refractivity contribution is 0.324. The summed E-state index contributed by atoms with van der Waals surface area (Å²) in [5.41, 5.74) is 0.0264. The van der Waals surface area contributed by atoms with Gasteiger partial charge in [0, 0.05) is 11.5 Å². The van der Waals surface area contributed by atoms with Crippen molar-refractivity contribution in [2.24, 2.45) is 0 Å². The Kier molecular flexibility index (Phi) is 2.75. The molecule has 3 nitrogen and oxygen atoms in total. The zero-order chi connectivity index (χ0) is 11.1. The molecular formula is C11H18ClN3. The highest BCUT2D eigenvalue weighted by atomic mass is 35.5. The van der Waals surface area contributed by atoms with Gasteiger partial charge in [-0.15, -0.1) is 21.8 Å². The zero-order valence-corrected chi connectivity index (χ0v) is 10.4. The topological polar surface area (TPSA) is 30.7 Å². The highest BCUT2D eigenvalue weighted by Gasteiger charge is 2.30. The fourth-order valence-electron chi connectivity index (χ4n) is 2.08. The normalized spacial score (nSPS) is 17.9. The van der Waals surface area contributed by atoms with Gasteiger partial charge < -0.3 is 4.57 Å². The Morgan fingerprint density at radius 2 is 2.00 bits per heavy atom. The molecule has 1 aliphatic carbocycles.